The highest BCUT2D eigenvalue weighted by molar-refractivity contribution is 6.00. The molecule has 0 radical (unpaired) electrons. The molecule has 0 atom stereocenters. The second kappa shape index (κ2) is 5.43. The smallest absolute Gasteiger partial charge is 0.407 e. The van der Waals surface area contributed by atoms with Crippen LogP contribution in [0.4, 0.5) is 4.79 Å². The Hall–Kier alpha value is -1.50. The van der Waals surface area contributed by atoms with E-state index >= 15 is 0 Å². The molecule has 1 saturated carbocycles. The predicted octanol–water partition coefficient (Wildman–Crippen LogP) is 2.27. The number of terminal acetylenes is 1. The van der Waals surface area contributed by atoms with Gasteiger partial charge in [-0.05, 0) is 39.5 Å². The highest BCUT2D eigenvalue weighted by Gasteiger charge is 2.40. The van der Waals surface area contributed by atoms with Crippen LogP contribution in [0.1, 0.15) is 46.5 Å². The zero-order valence-corrected chi connectivity index (χ0v) is 11.3. The third-order valence-electron chi connectivity index (χ3n) is 3.14. The minimum atomic E-state index is -0.578. The van der Waals surface area contributed by atoms with Gasteiger partial charge in [0.2, 0.25) is 5.78 Å². The van der Waals surface area contributed by atoms with Gasteiger partial charge in [0.1, 0.15) is 5.60 Å². The number of hydrogen-bond acceptors (Lipinski definition) is 3. The molecule has 0 aromatic carbocycles. The summed E-state index contributed by atoms with van der Waals surface area (Å²) >= 11 is 0. The Balaban J connectivity index is 2.57. The van der Waals surface area contributed by atoms with E-state index in [9.17, 15) is 9.59 Å². The first-order valence-electron chi connectivity index (χ1n) is 6.27. The van der Waals surface area contributed by atoms with Crippen molar-refractivity contribution in [3.05, 3.63) is 0 Å². The van der Waals surface area contributed by atoms with Crippen LogP contribution < -0.4 is 5.32 Å². The fourth-order valence-corrected chi connectivity index (χ4v) is 2.24. The fourth-order valence-electron chi connectivity index (χ4n) is 2.24. The molecule has 0 aliphatic heterocycles. The van der Waals surface area contributed by atoms with Crippen LogP contribution in [0.15, 0.2) is 0 Å². The van der Waals surface area contributed by atoms with E-state index in [0.29, 0.717) is 0 Å². The number of rotatable bonds is 3. The van der Waals surface area contributed by atoms with E-state index in [0.717, 1.165) is 25.7 Å². The van der Waals surface area contributed by atoms with Crippen LogP contribution >= 0.6 is 0 Å². The zero-order chi connectivity index (χ0) is 13.8. The monoisotopic (exact) mass is 251 g/mol. The molecule has 0 unspecified atom stereocenters. The van der Waals surface area contributed by atoms with E-state index in [1.165, 1.54) is 0 Å². The largest absolute Gasteiger partial charge is 0.444 e. The molecular formula is C14H21NO3. The second-order valence-electron chi connectivity index (χ2n) is 5.82. The summed E-state index contributed by atoms with van der Waals surface area (Å²) in [5.41, 5.74) is -1.12. The van der Waals surface area contributed by atoms with Gasteiger partial charge < -0.3 is 10.1 Å². The maximum absolute atomic E-state index is 11.8. The van der Waals surface area contributed by atoms with E-state index in [2.05, 4.69) is 11.2 Å². The van der Waals surface area contributed by atoms with E-state index in [4.69, 9.17) is 11.2 Å². The summed E-state index contributed by atoms with van der Waals surface area (Å²) in [6, 6.07) is 0. The minimum absolute atomic E-state index is 0.212. The maximum Gasteiger partial charge on any atom is 0.407 e. The third kappa shape index (κ3) is 3.76. The van der Waals surface area contributed by atoms with Crippen molar-refractivity contribution < 1.29 is 14.3 Å². The van der Waals surface area contributed by atoms with Crippen molar-refractivity contribution in [1.82, 2.24) is 5.32 Å². The van der Waals surface area contributed by atoms with Crippen LogP contribution in [0.5, 0.6) is 0 Å². The maximum atomic E-state index is 11.8. The third-order valence-corrected chi connectivity index (χ3v) is 3.14. The van der Waals surface area contributed by atoms with Crippen LogP contribution in [0.25, 0.3) is 0 Å². The van der Waals surface area contributed by atoms with Crippen molar-refractivity contribution in [3.8, 4) is 12.3 Å². The first kappa shape index (κ1) is 14.6. The number of amides is 1. The Morgan fingerprint density at radius 1 is 1.33 bits per heavy atom. The van der Waals surface area contributed by atoms with Gasteiger partial charge in [0, 0.05) is 6.54 Å². The van der Waals surface area contributed by atoms with Crippen molar-refractivity contribution in [2.24, 2.45) is 5.41 Å². The summed E-state index contributed by atoms with van der Waals surface area (Å²) in [5.74, 6) is 1.98. The van der Waals surface area contributed by atoms with Crippen LogP contribution in [0, 0.1) is 17.8 Å². The Morgan fingerprint density at radius 2 is 1.89 bits per heavy atom. The number of ether oxygens (including phenoxy) is 1. The number of carbonyl (C=O) groups is 2. The summed E-state index contributed by atoms with van der Waals surface area (Å²) in [4.78, 5) is 23.4. The first-order chi connectivity index (χ1) is 8.29. The van der Waals surface area contributed by atoms with Gasteiger partial charge in [-0.25, -0.2) is 4.79 Å². The number of ketones is 1. The summed E-state index contributed by atoms with van der Waals surface area (Å²) < 4.78 is 5.14. The molecule has 0 aromatic heterocycles. The predicted molar refractivity (Wildman–Crippen MR) is 69.0 cm³/mol. The molecule has 1 aliphatic carbocycles. The molecule has 18 heavy (non-hydrogen) atoms. The van der Waals surface area contributed by atoms with Crippen molar-refractivity contribution in [1.29, 1.82) is 0 Å². The van der Waals surface area contributed by atoms with Gasteiger partial charge in [-0.3, -0.25) is 4.79 Å². The topological polar surface area (TPSA) is 55.4 Å². The molecule has 0 spiro atoms. The highest BCUT2D eigenvalue weighted by Crippen LogP contribution is 2.38. The molecule has 1 aliphatic rings. The molecule has 0 aromatic rings. The van der Waals surface area contributed by atoms with Crippen LogP contribution in [0.3, 0.4) is 0 Å². The average molecular weight is 251 g/mol. The van der Waals surface area contributed by atoms with Crippen molar-refractivity contribution in [2.45, 2.75) is 52.1 Å². The van der Waals surface area contributed by atoms with Gasteiger partial charge in [0.05, 0.1) is 5.41 Å². The molecule has 1 N–H and O–H groups in total. The Morgan fingerprint density at radius 3 is 2.33 bits per heavy atom. The lowest BCUT2D eigenvalue weighted by atomic mass is 9.82. The molecule has 1 amide bonds. The standard InChI is InChI=1S/C14H21NO3/c1-5-11(16)14(8-6-7-9-14)10-15-12(17)18-13(2,3)4/h1H,6-10H2,2-4H3,(H,15,17). The van der Waals surface area contributed by atoms with Gasteiger partial charge >= 0.3 is 6.09 Å². The number of carbonyl (C=O) groups excluding carboxylic acids is 2. The molecule has 100 valence electrons. The highest BCUT2D eigenvalue weighted by atomic mass is 16.6. The molecular weight excluding hydrogens is 230 g/mol. The SMILES string of the molecule is C#CC(=O)C1(CNC(=O)OC(C)(C)C)CCCC1. The second-order valence-corrected chi connectivity index (χ2v) is 5.82. The summed E-state index contributed by atoms with van der Waals surface area (Å²) in [6.45, 7) is 5.66. The minimum Gasteiger partial charge on any atom is -0.444 e. The Kier molecular flexibility index (Phi) is 4.39. The molecule has 1 fully saturated rings. The van der Waals surface area contributed by atoms with Crippen molar-refractivity contribution in [2.75, 3.05) is 6.54 Å². The lowest BCUT2D eigenvalue weighted by Crippen LogP contribution is -2.42. The molecule has 4 nitrogen and oxygen atoms in total. The van der Waals surface area contributed by atoms with E-state index in [-0.39, 0.29) is 12.3 Å². The molecule has 1 rings (SSSR count). The average Bonchev–Trinajstić information content (AvgIpc) is 2.73. The van der Waals surface area contributed by atoms with Crippen LogP contribution in [-0.4, -0.2) is 24.0 Å². The molecule has 0 heterocycles. The number of Topliss-reactive ketones (excluding diaryl/α,β-unsaturated/α-hetero) is 1. The number of hydrogen-bond donors (Lipinski definition) is 1. The summed E-state index contributed by atoms with van der Waals surface area (Å²) in [5, 5.41) is 2.66. The fraction of sp³-hybridized carbons (Fsp3) is 0.714. The number of nitrogens with one attached hydrogen (secondary N) is 1. The summed E-state index contributed by atoms with van der Waals surface area (Å²) in [6.07, 6.45) is 8.14. The Labute approximate surface area is 108 Å². The molecule has 0 saturated heterocycles. The zero-order valence-electron chi connectivity index (χ0n) is 11.3. The summed E-state index contributed by atoms with van der Waals surface area (Å²) in [7, 11) is 0. The lowest BCUT2D eigenvalue weighted by molar-refractivity contribution is -0.122. The van der Waals surface area contributed by atoms with Crippen molar-refractivity contribution >= 4 is 11.9 Å². The van der Waals surface area contributed by atoms with Gasteiger partial charge in [0.15, 0.2) is 0 Å². The quantitative estimate of drug-likeness (QED) is 0.618. The molecule has 0 bridgehead atoms. The van der Waals surface area contributed by atoms with Gasteiger partial charge in [-0.15, -0.1) is 6.42 Å². The van der Waals surface area contributed by atoms with Crippen LogP contribution in [-0.2, 0) is 9.53 Å². The lowest BCUT2D eigenvalue weighted by Gasteiger charge is -2.26. The van der Waals surface area contributed by atoms with Gasteiger partial charge in [-0.1, -0.05) is 12.8 Å². The van der Waals surface area contributed by atoms with E-state index in [1.54, 1.807) is 20.8 Å². The van der Waals surface area contributed by atoms with Gasteiger partial charge in [0.25, 0.3) is 0 Å². The van der Waals surface area contributed by atoms with Crippen LogP contribution in [0.2, 0.25) is 0 Å². The normalized spacial score (nSPS) is 17.9. The van der Waals surface area contributed by atoms with E-state index in [1.807, 2.05) is 0 Å². The number of alkyl carbamates (subject to hydrolysis) is 1. The van der Waals surface area contributed by atoms with Crippen molar-refractivity contribution in [3.63, 3.8) is 0 Å². The van der Waals surface area contributed by atoms with Gasteiger partial charge in [-0.2, -0.15) is 0 Å². The van der Waals surface area contributed by atoms with E-state index < -0.39 is 17.1 Å². The first-order valence-corrected chi connectivity index (χ1v) is 6.27. The Bertz CT molecular complexity index is 367. The molecule has 4 heteroatoms.